The minimum Gasteiger partial charge on any atom is -0.393 e. The number of aliphatic hydroxyl groups excluding tert-OH is 1. The summed E-state index contributed by atoms with van der Waals surface area (Å²) in [6.07, 6.45) is 12.5. The molecule has 0 amide bonds. The maximum Gasteiger partial charge on any atom is 0.0574 e. The molecule has 0 saturated heterocycles. The minimum absolute atomic E-state index is 0.0793. The van der Waals surface area contributed by atoms with E-state index in [1.807, 2.05) is 0 Å². The summed E-state index contributed by atoms with van der Waals surface area (Å²) in [6.45, 7) is 0. The third-order valence-electron chi connectivity index (χ3n) is 2.23. The monoisotopic (exact) mass is 154 g/mol. The Morgan fingerprint density at radius 3 is 2.73 bits per heavy atom. The Bertz CT molecular complexity index is 118. The molecule has 1 aliphatic rings. The molecule has 1 atom stereocenters. The number of hydrogen-bond donors (Lipinski definition) is 1. The quantitative estimate of drug-likeness (QED) is 0.532. The molecule has 0 spiro atoms. The first-order valence-electron chi connectivity index (χ1n) is 4.72. The minimum atomic E-state index is -0.0793. The predicted molar refractivity (Wildman–Crippen MR) is 47.5 cm³/mol. The topological polar surface area (TPSA) is 20.2 Å². The molecule has 0 aliphatic heterocycles. The van der Waals surface area contributed by atoms with Gasteiger partial charge in [0, 0.05) is 0 Å². The Hall–Kier alpha value is -0.300. The second-order valence-electron chi connectivity index (χ2n) is 3.35. The molecule has 0 fully saturated rings. The van der Waals surface area contributed by atoms with Gasteiger partial charge in [0.25, 0.3) is 0 Å². The molecule has 0 heterocycles. The van der Waals surface area contributed by atoms with E-state index in [0.29, 0.717) is 0 Å². The van der Waals surface area contributed by atoms with Crippen molar-refractivity contribution in [1.82, 2.24) is 0 Å². The van der Waals surface area contributed by atoms with E-state index in [0.717, 1.165) is 12.8 Å². The largest absolute Gasteiger partial charge is 0.393 e. The highest BCUT2D eigenvalue weighted by Gasteiger charge is 2.01. The molecule has 1 rings (SSSR count). The highest BCUT2D eigenvalue weighted by Crippen LogP contribution is 2.12. The van der Waals surface area contributed by atoms with Gasteiger partial charge in [0.2, 0.25) is 0 Å². The third kappa shape index (κ3) is 4.20. The fraction of sp³-hybridized carbons (Fsp3) is 0.800. The zero-order chi connectivity index (χ0) is 7.94. The number of allylic oxidation sites excluding steroid dienone is 1. The molecule has 1 heteroatoms. The van der Waals surface area contributed by atoms with Gasteiger partial charge < -0.3 is 5.11 Å². The van der Waals surface area contributed by atoms with Crippen LogP contribution in [0.25, 0.3) is 0 Å². The third-order valence-corrected chi connectivity index (χ3v) is 2.23. The van der Waals surface area contributed by atoms with Crippen LogP contribution in [0.2, 0.25) is 0 Å². The van der Waals surface area contributed by atoms with Gasteiger partial charge in [-0.25, -0.2) is 0 Å². The van der Waals surface area contributed by atoms with Crippen LogP contribution in [0.15, 0.2) is 12.2 Å². The van der Waals surface area contributed by atoms with Crippen LogP contribution in [0.3, 0.4) is 0 Å². The summed E-state index contributed by atoms with van der Waals surface area (Å²) in [6, 6.07) is 0. The summed E-state index contributed by atoms with van der Waals surface area (Å²) in [5.74, 6) is 0. The molecule has 0 aromatic rings. The summed E-state index contributed by atoms with van der Waals surface area (Å²) in [5, 5.41) is 9.38. The highest BCUT2D eigenvalue weighted by molar-refractivity contribution is 4.84. The highest BCUT2D eigenvalue weighted by atomic mass is 16.3. The Kier molecular flexibility index (Phi) is 4.29. The van der Waals surface area contributed by atoms with Crippen LogP contribution in [0.4, 0.5) is 0 Å². The van der Waals surface area contributed by atoms with E-state index < -0.39 is 0 Å². The summed E-state index contributed by atoms with van der Waals surface area (Å²) in [4.78, 5) is 0. The van der Waals surface area contributed by atoms with E-state index in [2.05, 4.69) is 12.2 Å². The van der Waals surface area contributed by atoms with E-state index in [1.54, 1.807) is 0 Å². The molecule has 64 valence electrons. The van der Waals surface area contributed by atoms with Gasteiger partial charge in [-0.3, -0.25) is 0 Å². The molecule has 1 aliphatic carbocycles. The fourth-order valence-corrected chi connectivity index (χ4v) is 1.48. The summed E-state index contributed by atoms with van der Waals surface area (Å²) >= 11 is 0. The van der Waals surface area contributed by atoms with E-state index >= 15 is 0 Å². The van der Waals surface area contributed by atoms with Crippen molar-refractivity contribution < 1.29 is 5.11 Å². The van der Waals surface area contributed by atoms with Crippen LogP contribution in [-0.4, -0.2) is 11.2 Å². The van der Waals surface area contributed by atoms with Gasteiger partial charge in [0.1, 0.15) is 0 Å². The lowest BCUT2D eigenvalue weighted by Gasteiger charge is -2.08. The first-order valence-corrected chi connectivity index (χ1v) is 4.72. The Morgan fingerprint density at radius 1 is 1.00 bits per heavy atom. The molecule has 0 radical (unpaired) electrons. The SMILES string of the molecule is OC1C/C=C\CCCCCC1. The number of hydrogen-bond acceptors (Lipinski definition) is 1. The van der Waals surface area contributed by atoms with Crippen molar-refractivity contribution in [1.29, 1.82) is 0 Å². The average Bonchev–Trinajstić information content (AvgIpc) is 2.03. The normalized spacial score (nSPS) is 31.2. The molecule has 11 heavy (non-hydrogen) atoms. The molecule has 1 nitrogen and oxygen atoms in total. The van der Waals surface area contributed by atoms with E-state index in [1.165, 1.54) is 32.1 Å². The molecule has 0 aromatic carbocycles. The number of aliphatic hydroxyl groups is 1. The molecular weight excluding hydrogens is 136 g/mol. The van der Waals surface area contributed by atoms with Crippen LogP contribution in [-0.2, 0) is 0 Å². The molecule has 0 aromatic heterocycles. The first kappa shape index (κ1) is 8.79. The van der Waals surface area contributed by atoms with Crippen molar-refractivity contribution in [3.8, 4) is 0 Å². The molecule has 1 N–H and O–H groups in total. The zero-order valence-corrected chi connectivity index (χ0v) is 7.13. The molecule has 1 unspecified atom stereocenters. The Balaban J connectivity index is 2.25. The van der Waals surface area contributed by atoms with Gasteiger partial charge >= 0.3 is 0 Å². The van der Waals surface area contributed by atoms with Crippen LogP contribution in [0.1, 0.15) is 44.9 Å². The van der Waals surface area contributed by atoms with Crippen LogP contribution in [0.5, 0.6) is 0 Å². The predicted octanol–water partition coefficient (Wildman–Crippen LogP) is 2.65. The van der Waals surface area contributed by atoms with Crippen LogP contribution in [0, 0.1) is 0 Å². The van der Waals surface area contributed by atoms with E-state index in [9.17, 15) is 5.11 Å². The standard InChI is InChI=1S/C10H18O/c11-10-8-6-4-2-1-3-5-7-9-10/h4,6,10-11H,1-3,5,7-9H2/b6-4-. The summed E-state index contributed by atoms with van der Waals surface area (Å²) in [5.41, 5.74) is 0. The van der Waals surface area contributed by atoms with Crippen LogP contribution < -0.4 is 0 Å². The summed E-state index contributed by atoms with van der Waals surface area (Å²) < 4.78 is 0. The van der Waals surface area contributed by atoms with Gasteiger partial charge in [-0.2, -0.15) is 0 Å². The Labute approximate surface area is 69.1 Å². The van der Waals surface area contributed by atoms with Gasteiger partial charge in [0.05, 0.1) is 6.10 Å². The van der Waals surface area contributed by atoms with Gasteiger partial charge in [0.15, 0.2) is 0 Å². The Morgan fingerprint density at radius 2 is 1.82 bits per heavy atom. The lowest BCUT2D eigenvalue weighted by molar-refractivity contribution is 0.163. The van der Waals surface area contributed by atoms with Gasteiger partial charge in [-0.05, 0) is 25.7 Å². The second kappa shape index (κ2) is 5.36. The summed E-state index contributed by atoms with van der Waals surface area (Å²) in [7, 11) is 0. The molecule has 0 saturated carbocycles. The smallest absolute Gasteiger partial charge is 0.0574 e. The second-order valence-corrected chi connectivity index (χ2v) is 3.35. The van der Waals surface area contributed by atoms with Crippen molar-refractivity contribution in [2.45, 2.75) is 51.0 Å². The average molecular weight is 154 g/mol. The van der Waals surface area contributed by atoms with Gasteiger partial charge in [-0.15, -0.1) is 0 Å². The van der Waals surface area contributed by atoms with E-state index in [4.69, 9.17) is 0 Å². The molecular formula is C10H18O. The van der Waals surface area contributed by atoms with E-state index in [-0.39, 0.29) is 6.10 Å². The lowest BCUT2D eigenvalue weighted by atomic mass is 10.0. The maximum absolute atomic E-state index is 9.38. The fourth-order valence-electron chi connectivity index (χ4n) is 1.48. The molecule has 0 bridgehead atoms. The van der Waals surface area contributed by atoms with Crippen molar-refractivity contribution in [2.24, 2.45) is 0 Å². The maximum atomic E-state index is 9.38. The van der Waals surface area contributed by atoms with Crippen LogP contribution >= 0.6 is 0 Å². The first-order chi connectivity index (χ1) is 5.39. The van der Waals surface area contributed by atoms with Crippen molar-refractivity contribution in [2.75, 3.05) is 0 Å². The van der Waals surface area contributed by atoms with Crippen molar-refractivity contribution >= 4 is 0 Å². The van der Waals surface area contributed by atoms with Crippen molar-refractivity contribution in [3.05, 3.63) is 12.2 Å². The lowest BCUT2D eigenvalue weighted by Crippen LogP contribution is -2.04. The van der Waals surface area contributed by atoms with Crippen molar-refractivity contribution in [3.63, 3.8) is 0 Å². The number of rotatable bonds is 0. The zero-order valence-electron chi connectivity index (χ0n) is 7.13. The van der Waals surface area contributed by atoms with Gasteiger partial charge in [-0.1, -0.05) is 31.4 Å².